The molecule has 0 saturated carbocycles. The van der Waals surface area contributed by atoms with Crippen molar-refractivity contribution in [2.75, 3.05) is 19.7 Å². The van der Waals surface area contributed by atoms with Crippen molar-refractivity contribution in [2.24, 2.45) is 0 Å². The number of aryl methyl sites for hydroxylation is 1. The number of hydrogen-bond donors (Lipinski definition) is 2. The van der Waals surface area contributed by atoms with E-state index in [4.69, 9.17) is 13.9 Å². The zero-order valence-corrected chi connectivity index (χ0v) is 15.8. The fraction of sp³-hybridized carbons (Fsp3) is 0.400. The molecule has 0 aliphatic carbocycles. The largest absolute Gasteiger partial charge is 0.488 e. The number of amides is 2. The van der Waals surface area contributed by atoms with Gasteiger partial charge in [-0.1, -0.05) is 12.1 Å². The summed E-state index contributed by atoms with van der Waals surface area (Å²) in [4.78, 5) is 23.8. The van der Waals surface area contributed by atoms with Gasteiger partial charge < -0.3 is 24.5 Å². The summed E-state index contributed by atoms with van der Waals surface area (Å²) in [5.74, 6) is 1.34. The van der Waals surface area contributed by atoms with Crippen LogP contribution in [-0.4, -0.2) is 37.1 Å². The van der Waals surface area contributed by atoms with Gasteiger partial charge in [-0.05, 0) is 32.9 Å². The number of rotatable bonds is 7. The Labute approximate surface area is 158 Å². The summed E-state index contributed by atoms with van der Waals surface area (Å²) in [6, 6.07) is 7.39. The molecule has 0 atom stereocenters. The van der Waals surface area contributed by atoms with E-state index in [0.717, 1.165) is 17.7 Å². The smallest absolute Gasteiger partial charge is 0.255 e. The van der Waals surface area contributed by atoms with Gasteiger partial charge in [-0.25, -0.2) is 0 Å². The molecule has 7 nitrogen and oxygen atoms in total. The molecule has 7 heteroatoms. The Bertz CT molecular complexity index is 841. The topological polar surface area (TPSA) is 89.8 Å². The monoisotopic (exact) mass is 372 g/mol. The van der Waals surface area contributed by atoms with E-state index in [9.17, 15) is 9.59 Å². The molecule has 0 fully saturated rings. The van der Waals surface area contributed by atoms with E-state index in [1.54, 1.807) is 13.0 Å². The number of ether oxygens (including phenoxy) is 2. The van der Waals surface area contributed by atoms with Gasteiger partial charge in [0.15, 0.2) is 11.5 Å². The maximum absolute atomic E-state index is 11.9. The second kappa shape index (κ2) is 7.73. The summed E-state index contributed by atoms with van der Waals surface area (Å²) in [5, 5.41) is 5.26. The Morgan fingerprint density at radius 2 is 2.04 bits per heavy atom. The summed E-state index contributed by atoms with van der Waals surface area (Å²) < 4.78 is 16.8. The molecule has 144 valence electrons. The second-order valence-electron chi connectivity index (χ2n) is 7.05. The first-order valence-corrected chi connectivity index (χ1v) is 8.88. The van der Waals surface area contributed by atoms with E-state index in [0.29, 0.717) is 30.2 Å². The van der Waals surface area contributed by atoms with Crippen molar-refractivity contribution in [2.45, 2.75) is 32.8 Å². The van der Waals surface area contributed by atoms with Crippen LogP contribution in [0.1, 0.15) is 35.5 Å². The van der Waals surface area contributed by atoms with E-state index in [-0.39, 0.29) is 24.0 Å². The number of para-hydroxylation sites is 1. The Hall–Kier alpha value is -2.96. The van der Waals surface area contributed by atoms with Gasteiger partial charge in [0, 0.05) is 12.0 Å². The molecule has 0 spiro atoms. The summed E-state index contributed by atoms with van der Waals surface area (Å²) in [6.07, 6.45) is 2.28. The Balaban J connectivity index is 1.40. The normalized spacial score (nSPS) is 14.2. The highest BCUT2D eigenvalue weighted by Gasteiger charge is 2.32. The van der Waals surface area contributed by atoms with Gasteiger partial charge in [0.05, 0.1) is 24.9 Å². The predicted molar refractivity (Wildman–Crippen MR) is 99.1 cm³/mol. The fourth-order valence-corrected chi connectivity index (χ4v) is 2.99. The summed E-state index contributed by atoms with van der Waals surface area (Å²) >= 11 is 0. The highest BCUT2D eigenvalue weighted by molar-refractivity contribution is 5.97. The lowest BCUT2D eigenvalue weighted by atomic mass is 10.0. The second-order valence-corrected chi connectivity index (χ2v) is 7.05. The summed E-state index contributed by atoms with van der Waals surface area (Å²) in [6.45, 7) is 6.29. The molecule has 2 heterocycles. The number of hydrogen-bond acceptors (Lipinski definition) is 5. The maximum atomic E-state index is 11.9. The van der Waals surface area contributed by atoms with E-state index >= 15 is 0 Å². The van der Waals surface area contributed by atoms with E-state index in [2.05, 4.69) is 10.6 Å². The van der Waals surface area contributed by atoms with Crippen molar-refractivity contribution in [3.8, 4) is 11.5 Å². The standard InChI is InChI=1S/C20H24N2O5/c1-13-15(7-9-25-13)19(24)22-12-17(23)21-8-10-26-16-6-4-5-14-11-20(2,3)27-18(14)16/h4-7,9H,8,10-12H2,1-3H3,(H,21,23)(H,22,24). The average molecular weight is 372 g/mol. The predicted octanol–water partition coefficient (Wildman–Crippen LogP) is 2.23. The molecule has 27 heavy (non-hydrogen) atoms. The van der Waals surface area contributed by atoms with Crippen LogP contribution in [0.5, 0.6) is 11.5 Å². The third-order valence-electron chi connectivity index (χ3n) is 4.25. The van der Waals surface area contributed by atoms with Crippen LogP contribution in [0, 0.1) is 6.92 Å². The molecule has 0 radical (unpaired) electrons. The molecule has 1 aromatic heterocycles. The third-order valence-corrected chi connectivity index (χ3v) is 4.25. The van der Waals surface area contributed by atoms with E-state index in [1.807, 2.05) is 32.0 Å². The van der Waals surface area contributed by atoms with Crippen LogP contribution in [-0.2, 0) is 11.2 Å². The number of carbonyl (C=O) groups is 2. The number of benzene rings is 1. The minimum atomic E-state index is -0.340. The molecular formula is C20H24N2O5. The van der Waals surface area contributed by atoms with Gasteiger partial charge in [-0.2, -0.15) is 0 Å². The van der Waals surface area contributed by atoms with Gasteiger partial charge in [-0.15, -0.1) is 0 Å². The molecule has 1 aliphatic heterocycles. The molecule has 2 N–H and O–H groups in total. The Morgan fingerprint density at radius 3 is 2.78 bits per heavy atom. The first kappa shape index (κ1) is 18.8. The van der Waals surface area contributed by atoms with Gasteiger partial charge in [0.25, 0.3) is 5.91 Å². The van der Waals surface area contributed by atoms with Crippen molar-refractivity contribution in [1.82, 2.24) is 10.6 Å². The lowest BCUT2D eigenvalue weighted by molar-refractivity contribution is -0.120. The van der Waals surface area contributed by atoms with Gasteiger partial charge >= 0.3 is 0 Å². The molecule has 2 amide bonds. The molecule has 0 bridgehead atoms. The maximum Gasteiger partial charge on any atom is 0.255 e. The molecule has 0 unspecified atom stereocenters. The Kier molecular flexibility index (Phi) is 5.39. The van der Waals surface area contributed by atoms with Crippen molar-refractivity contribution in [3.05, 3.63) is 47.4 Å². The van der Waals surface area contributed by atoms with Crippen LogP contribution in [0.15, 0.2) is 34.9 Å². The van der Waals surface area contributed by atoms with Crippen LogP contribution >= 0.6 is 0 Å². The van der Waals surface area contributed by atoms with Crippen LogP contribution in [0.3, 0.4) is 0 Å². The molecule has 1 aromatic carbocycles. The number of furan rings is 1. The third kappa shape index (κ3) is 4.61. The Morgan fingerprint density at radius 1 is 1.22 bits per heavy atom. The van der Waals surface area contributed by atoms with Gasteiger partial charge in [-0.3, -0.25) is 9.59 Å². The minimum absolute atomic E-state index is 0.110. The number of carbonyl (C=O) groups excluding carboxylic acids is 2. The molecule has 3 rings (SSSR count). The van der Waals surface area contributed by atoms with E-state index in [1.165, 1.54) is 6.26 Å². The minimum Gasteiger partial charge on any atom is -0.488 e. The fourth-order valence-electron chi connectivity index (χ4n) is 2.99. The lowest BCUT2D eigenvalue weighted by Crippen LogP contribution is -2.38. The summed E-state index contributed by atoms with van der Waals surface area (Å²) in [7, 11) is 0. The first-order chi connectivity index (χ1) is 12.9. The quantitative estimate of drug-likeness (QED) is 0.728. The SMILES string of the molecule is Cc1occc1C(=O)NCC(=O)NCCOc1cccc2c1OC(C)(C)C2. The van der Waals surface area contributed by atoms with Crippen LogP contribution in [0.4, 0.5) is 0 Å². The highest BCUT2D eigenvalue weighted by atomic mass is 16.5. The highest BCUT2D eigenvalue weighted by Crippen LogP contribution is 2.41. The molecule has 0 saturated heterocycles. The summed E-state index contributed by atoms with van der Waals surface area (Å²) in [5.41, 5.74) is 1.31. The molecule has 2 aromatic rings. The van der Waals surface area contributed by atoms with Crippen molar-refractivity contribution in [3.63, 3.8) is 0 Å². The van der Waals surface area contributed by atoms with Crippen LogP contribution in [0.2, 0.25) is 0 Å². The molecule has 1 aliphatic rings. The van der Waals surface area contributed by atoms with E-state index < -0.39 is 0 Å². The number of fused-ring (bicyclic) bond motifs is 1. The van der Waals surface area contributed by atoms with Crippen molar-refractivity contribution < 1.29 is 23.5 Å². The van der Waals surface area contributed by atoms with Crippen molar-refractivity contribution in [1.29, 1.82) is 0 Å². The zero-order chi connectivity index (χ0) is 19.4. The van der Waals surface area contributed by atoms with Gasteiger partial charge in [0.2, 0.25) is 5.91 Å². The first-order valence-electron chi connectivity index (χ1n) is 8.88. The van der Waals surface area contributed by atoms with Gasteiger partial charge in [0.1, 0.15) is 18.0 Å². The lowest BCUT2D eigenvalue weighted by Gasteiger charge is -2.18. The van der Waals surface area contributed by atoms with Crippen LogP contribution < -0.4 is 20.1 Å². The average Bonchev–Trinajstić information content (AvgIpc) is 3.18. The zero-order valence-electron chi connectivity index (χ0n) is 15.8. The van der Waals surface area contributed by atoms with Crippen molar-refractivity contribution >= 4 is 11.8 Å². The number of nitrogens with one attached hydrogen (secondary N) is 2. The molecular weight excluding hydrogens is 348 g/mol. The van der Waals surface area contributed by atoms with Crippen LogP contribution in [0.25, 0.3) is 0 Å².